The van der Waals surface area contributed by atoms with Crippen LogP contribution in [0.15, 0.2) is 21.7 Å². The monoisotopic (exact) mass is 402 g/mol. The highest BCUT2D eigenvalue weighted by atomic mass is 32.2. The zero-order chi connectivity index (χ0) is 19.3. The van der Waals surface area contributed by atoms with Crippen LogP contribution in [0.5, 0.6) is 0 Å². The van der Waals surface area contributed by atoms with Crippen LogP contribution < -0.4 is 5.32 Å². The predicted octanol–water partition coefficient (Wildman–Crippen LogP) is 1.85. The lowest BCUT2D eigenvalue weighted by atomic mass is 9.98. The maximum absolute atomic E-state index is 12.5. The van der Waals surface area contributed by atoms with Crippen molar-refractivity contribution < 1.29 is 22.7 Å². The van der Waals surface area contributed by atoms with E-state index in [1.807, 2.05) is 20.8 Å². The van der Waals surface area contributed by atoms with E-state index < -0.39 is 16.0 Å². The molecule has 1 aromatic heterocycles. The lowest BCUT2D eigenvalue weighted by Crippen LogP contribution is -2.42. The topological polar surface area (TPSA) is 92.8 Å². The summed E-state index contributed by atoms with van der Waals surface area (Å²) in [6, 6.07) is 3.29. The highest BCUT2D eigenvalue weighted by Gasteiger charge is 2.33. The van der Waals surface area contributed by atoms with E-state index in [-0.39, 0.29) is 37.6 Å². The number of hydrogen-bond acceptors (Lipinski definition) is 6. The minimum absolute atomic E-state index is 0.00639. The normalized spacial score (nSPS) is 17.8. The summed E-state index contributed by atoms with van der Waals surface area (Å²) < 4.78 is 31.7. The van der Waals surface area contributed by atoms with Gasteiger partial charge in [-0.2, -0.15) is 4.31 Å². The lowest BCUT2D eigenvalue weighted by Gasteiger charge is -2.29. The minimum Gasteiger partial charge on any atom is -0.455 e. The molecule has 9 heteroatoms. The van der Waals surface area contributed by atoms with Gasteiger partial charge in [-0.15, -0.1) is 11.3 Å². The summed E-state index contributed by atoms with van der Waals surface area (Å²) in [5.74, 6) is -0.841. The molecule has 0 aromatic carbocycles. The number of esters is 1. The van der Waals surface area contributed by atoms with Crippen LogP contribution in [0.3, 0.4) is 0 Å². The SMILES string of the molecule is CC(C)[C@H](C)NC(=O)COC(=O)C1CCN(S(=O)(=O)c2cccs2)CC1. The molecule has 0 aliphatic carbocycles. The number of carbonyl (C=O) groups excluding carboxylic acids is 2. The number of rotatable bonds is 7. The third kappa shape index (κ3) is 5.28. The van der Waals surface area contributed by atoms with Gasteiger partial charge in [-0.05, 0) is 37.1 Å². The Bertz CT molecular complexity index is 708. The van der Waals surface area contributed by atoms with Gasteiger partial charge in [0.25, 0.3) is 15.9 Å². The van der Waals surface area contributed by atoms with E-state index in [2.05, 4.69) is 5.32 Å². The van der Waals surface area contributed by atoms with Gasteiger partial charge in [-0.25, -0.2) is 8.42 Å². The molecule has 1 saturated heterocycles. The van der Waals surface area contributed by atoms with Crippen LogP contribution in [0.4, 0.5) is 0 Å². The molecule has 1 N–H and O–H groups in total. The summed E-state index contributed by atoms with van der Waals surface area (Å²) in [6.45, 7) is 6.13. The summed E-state index contributed by atoms with van der Waals surface area (Å²) >= 11 is 1.18. The van der Waals surface area contributed by atoms with E-state index >= 15 is 0 Å². The van der Waals surface area contributed by atoms with E-state index in [4.69, 9.17) is 4.74 Å². The first-order chi connectivity index (χ1) is 12.2. The molecule has 1 aromatic rings. The van der Waals surface area contributed by atoms with Crippen molar-refractivity contribution >= 4 is 33.2 Å². The fraction of sp³-hybridized carbons (Fsp3) is 0.647. The largest absolute Gasteiger partial charge is 0.455 e. The molecule has 1 fully saturated rings. The van der Waals surface area contributed by atoms with Crippen molar-refractivity contribution in [2.24, 2.45) is 11.8 Å². The number of carbonyl (C=O) groups is 2. The predicted molar refractivity (Wildman–Crippen MR) is 99.2 cm³/mol. The van der Waals surface area contributed by atoms with Gasteiger partial charge in [-0.1, -0.05) is 19.9 Å². The molecule has 2 rings (SSSR count). The van der Waals surface area contributed by atoms with Gasteiger partial charge in [-0.3, -0.25) is 9.59 Å². The Kier molecular flexibility index (Phi) is 7.19. The first kappa shape index (κ1) is 20.9. The smallest absolute Gasteiger partial charge is 0.309 e. The molecule has 1 amide bonds. The lowest BCUT2D eigenvalue weighted by molar-refractivity contribution is -0.153. The molecule has 0 spiro atoms. The molecule has 146 valence electrons. The van der Waals surface area contributed by atoms with Crippen LogP contribution in [0, 0.1) is 11.8 Å². The third-order valence-corrected chi connectivity index (χ3v) is 7.88. The average molecular weight is 403 g/mol. The van der Waals surface area contributed by atoms with Crippen LogP contribution in [-0.4, -0.2) is 50.3 Å². The number of hydrogen-bond donors (Lipinski definition) is 1. The van der Waals surface area contributed by atoms with Crippen LogP contribution in [0.25, 0.3) is 0 Å². The number of ether oxygens (including phenoxy) is 1. The Balaban J connectivity index is 1.79. The van der Waals surface area contributed by atoms with Gasteiger partial charge in [0, 0.05) is 19.1 Å². The maximum Gasteiger partial charge on any atom is 0.309 e. The van der Waals surface area contributed by atoms with Gasteiger partial charge < -0.3 is 10.1 Å². The van der Waals surface area contributed by atoms with Crippen molar-refractivity contribution in [2.75, 3.05) is 19.7 Å². The Labute approximate surface area is 158 Å². The first-order valence-electron chi connectivity index (χ1n) is 8.71. The fourth-order valence-corrected chi connectivity index (χ4v) is 5.20. The minimum atomic E-state index is -3.48. The zero-order valence-corrected chi connectivity index (χ0v) is 16.9. The van der Waals surface area contributed by atoms with Crippen molar-refractivity contribution in [3.63, 3.8) is 0 Å². The van der Waals surface area contributed by atoms with Gasteiger partial charge in [0.2, 0.25) is 0 Å². The third-order valence-electron chi connectivity index (χ3n) is 4.61. The van der Waals surface area contributed by atoms with Crippen molar-refractivity contribution in [3.8, 4) is 0 Å². The number of amides is 1. The van der Waals surface area contributed by atoms with E-state index in [0.717, 1.165) is 0 Å². The number of nitrogens with one attached hydrogen (secondary N) is 1. The summed E-state index contributed by atoms with van der Waals surface area (Å²) in [6.07, 6.45) is 0.793. The maximum atomic E-state index is 12.5. The second-order valence-electron chi connectivity index (χ2n) is 6.82. The number of piperidine rings is 1. The quantitative estimate of drug-likeness (QED) is 0.703. The molecule has 1 aliphatic heterocycles. The van der Waals surface area contributed by atoms with Crippen LogP contribution in [0.2, 0.25) is 0 Å². The number of nitrogens with zero attached hydrogens (tertiary/aromatic N) is 1. The molecule has 0 bridgehead atoms. The Hall–Kier alpha value is -1.45. The van der Waals surface area contributed by atoms with Crippen molar-refractivity contribution in [1.29, 1.82) is 0 Å². The molecule has 0 saturated carbocycles. The fourth-order valence-electron chi connectivity index (χ4n) is 2.59. The zero-order valence-electron chi connectivity index (χ0n) is 15.3. The Morgan fingerprint density at radius 2 is 1.96 bits per heavy atom. The van der Waals surface area contributed by atoms with Gasteiger partial charge in [0.15, 0.2) is 6.61 Å². The summed E-state index contributed by atoms with van der Waals surface area (Å²) in [5.41, 5.74) is 0. The van der Waals surface area contributed by atoms with E-state index in [9.17, 15) is 18.0 Å². The molecular formula is C17H26N2O5S2. The summed E-state index contributed by atoms with van der Waals surface area (Å²) in [4.78, 5) is 23.9. The number of thiophene rings is 1. The molecule has 1 atom stereocenters. The molecule has 0 radical (unpaired) electrons. The molecule has 2 heterocycles. The van der Waals surface area contributed by atoms with Crippen molar-refractivity contribution in [1.82, 2.24) is 9.62 Å². The average Bonchev–Trinajstić information content (AvgIpc) is 3.15. The van der Waals surface area contributed by atoms with Crippen LogP contribution in [0.1, 0.15) is 33.6 Å². The van der Waals surface area contributed by atoms with E-state index in [1.54, 1.807) is 17.5 Å². The first-order valence-corrected chi connectivity index (χ1v) is 11.0. The molecule has 7 nitrogen and oxygen atoms in total. The van der Waals surface area contributed by atoms with Crippen molar-refractivity contribution in [3.05, 3.63) is 17.5 Å². The van der Waals surface area contributed by atoms with E-state index in [1.165, 1.54) is 15.6 Å². The Morgan fingerprint density at radius 3 is 2.50 bits per heavy atom. The van der Waals surface area contributed by atoms with Gasteiger partial charge >= 0.3 is 5.97 Å². The van der Waals surface area contributed by atoms with Crippen molar-refractivity contribution in [2.45, 2.75) is 43.9 Å². The summed E-state index contributed by atoms with van der Waals surface area (Å²) in [5, 5.41) is 4.50. The van der Waals surface area contributed by atoms with Gasteiger partial charge in [0.1, 0.15) is 4.21 Å². The van der Waals surface area contributed by atoms with E-state index in [0.29, 0.717) is 23.0 Å². The van der Waals surface area contributed by atoms with Crippen LogP contribution in [-0.2, 0) is 24.3 Å². The second kappa shape index (κ2) is 8.96. The van der Waals surface area contributed by atoms with Crippen LogP contribution >= 0.6 is 11.3 Å². The van der Waals surface area contributed by atoms with Gasteiger partial charge in [0.05, 0.1) is 5.92 Å². The number of sulfonamides is 1. The Morgan fingerprint density at radius 1 is 1.31 bits per heavy atom. The standard InChI is InChI=1S/C17H26N2O5S2/c1-12(2)13(3)18-15(20)11-24-17(21)14-6-8-19(9-7-14)26(22,23)16-5-4-10-25-16/h4-5,10,12-14H,6-9,11H2,1-3H3,(H,18,20)/t13-/m0/s1. The molecule has 1 aliphatic rings. The highest BCUT2D eigenvalue weighted by molar-refractivity contribution is 7.91. The summed E-state index contributed by atoms with van der Waals surface area (Å²) in [7, 11) is -3.48. The second-order valence-corrected chi connectivity index (χ2v) is 9.93. The molecule has 0 unspecified atom stereocenters. The molecular weight excluding hydrogens is 376 g/mol. The highest BCUT2D eigenvalue weighted by Crippen LogP contribution is 2.26. The molecule has 26 heavy (non-hydrogen) atoms.